The predicted octanol–water partition coefficient (Wildman–Crippen LogP) is 3.46. The van der Waals surface area contributed by atoms with Gasteiger partial charge in [-0.3, -0.25) is 4.79 Å². The van der Waals surface area contributed by atoms with Gasteiger partial charge in [0.05, 0.1) is 15.7 Å². The van der Waals surface area contributed by atoms with Crippen molar-refractivity contribution >= 4 is 34.8 Å². The van der Waals surface area contributed by atoms with Crippen LogP contribution in [-0.2, 0) is 4.79 Å². The maximum atomic E-state index is 13.0. The SMILES string of the molecule is O=C(CC1CCNCC1)Nc1c(Cl)cc(F)cc1Cl. The van der Waals surface area contributed by atoms with E-state index in [1.165, 1.54) is 0 Å². The first-order chi connectivity index (χ1) is 9.06. The molecule has 104 valence electrons. The minimum atomic E-state index is -0.522. The van der Waals surface area contributed by atoms with Gasteiger partial charge in [0.25, 0.3) is 0 Å². The third kappa shape index (κ3) is 4.06. The molecular formula is C13H15Cl2FN2O. The van der Waals surface area contributed by atoms with E-state index in [2.05, 4.69) is 10.6 Å². The summed E-state index contributed by atoms with van der Waals surface area (Å²) in [6.07, 6.45) is 2.41. The molecule has 1 aromatic rings. The molecule has 0 aliphatic carbocycles. The van der Waals surface area contributed by atoms with Gasteiger partial charge in [0.15, 0.2) is 0 Å². The quantitative estimate of drug-likeness (QED) is 0.898. The number of rotatable bonds is 3. The first-order valence-electron chi connectivity index (χ1n) is 6.21. The monoisotopic (exact) mass is 304 g/mol. The Kier molecular flexibility index (Phi) is 5.02. The van der Waals surface area contributed by atoms with E-state index in [4.69, 9.17) is 23.2 Å². The molecule has 0 atom stereocenters. The lowest BCUT2D eigenvalue weighted by Crippen LogP contribution is -2.30. The number of amides is 1. The standard InChI is InChI=1S/C13H15Cl2FN2O/c14-10-6-9(16)7-11(15)13(10)18-12(19)5-8-1-3-17-4-2-8/h6-8,17H,1-5H2,(H,18,19). The molecule has 1 fully saturated rings. The fraction of sp³-hybridized carbons (Fsp3) is 0.462. The molecule has 1 aliphatic rings. The van der Waals surface area contributed by atoms with Crippen LogP contribution in [0.25, 0.3) is 0 Å². The first-order valence-corrected chi connectivity index (χ1v) is 6.97. The number of carbonyl (C=O) groups excluding carboxylic acids is 1. The second-order valence-electron chi connectivity index (χ2n) is 4.69. The third-order valence-electron chi connectivity index (χ3n) is 3.20. The van der Waals surface area contributed by atoms with Crippen molar-refractivity contribution in [3.05, 3.63) is 28.0 Å². The van der Waals surface area contributed by atoms with Gasteiger partial charge in [-0.05, 0) is 44.0 Å². The van der Waals surface area contributed by atoms with E-state index in [1.807, 2.05) is 0 Å². The molecule has 1 saturated heterocycles. The molecule has 0 spiro atoms. The number of nitrogens with one attached hydrogen (secondary N) is 2. The molecule has 1 aromatic carbocycles. The second kappa shape index (κ2) is 6.55. The molecule has 19 heavy (non-hydrogen) atoms. The van der Waals surface area contributed by atoms with Crippen LogP contribution in [0.1, 0.15) is 19.3 Å². The normalized spacial score (nSPS) is 16.4. The molecule has 1 amide bonds. The average Bonchev–Trinajstić information content (AvgIpc) is 2.35. The molecule has 2 N–H and O–H groups in total. The van der Waals surface area contributed by atoms with Crippen molar-refractivity contribution in [2.45, 2.75) is 19.3 Å². The van der Waals surface area contributed by atoms with Crippen LogP contribution >= 0.6 is 23.2 Å². The predicted molar refractivity (Wildman–Crippen MR) is 75.3 cm³/mol. The minimum absolute atomic E-state index is 0.115. The summed E-state index contributed by atoms with van der Waals surface area (Å²) in [4.78, 5) is 11.9. The number of anilines is 1. The molecule has 6 heteroatoms. The molecule has 0 unspecified atom stereocenters. The Labute approximate surface area is 121 Å². The number of benzene rings is 1. The highest BCUT2D eigenvalue weighted by atomic mass is 35.5. The van der Waals surface area contributed by atoms with E-state index < -0.39 is 5.82 Å². The first kappa shape index (κ1) is 14.6. The van der Waals surface area contributed by atoms with Crippen LogP contribution in [0.5, 0.6) is 0 Å². The lowest BCUT2D eigenvalue weighted by molar-refractivity contribution is -0.117. The summed E-state index contributed by atoms with van der Waals surface area (Å²) >= 11 is 11.7. The summed E-state index contributed by atoms with van der Waals surface area (Å²) in [6, 6.07) is 2.27. The molecule has 3 nitrogen and oxygen atoms in total. The zero-order chi connectivity index (χ0) is 13.8. The van der Waals surface area contributed by atoms with Crippen molar-refractivity contribution in [1.82, 2.24) is 5.32 Å². The van der Waals surface area contributed by atoms with E-state index in [1.54, 1.807) is 0 Å². The number of carbonyl (C=O) groups is 1. The van der Waals surface area contributed by atoms with E-state index in [0.717, 1.165) is 38.1 Å². The Morgan fingerprint density at radius 1 is 1.32 bits per heavy atom. The van der Waals surface area contributed by atoms with E-state index in [9.17, 15) is 9.18 Å². The highest BCUT2D eigenvalue weighted by Gasteiger charge is 2.18. The molecule has 0 radical (unpaired) electrons. The highest BCUT2D eigenvalue weighted by molar-refractivity contribution is 6.39. The molecule has 0 saturated carbocycles. The highest BCUT2D eigenvalue weighted by Crippen LogP contribution is 2.31. The summed E-state index contributed by atoms with van der Waals surface area (Å²) in [6.45, 7) is 1.88. The Balaban J connectivity index is 1.98. The van der Waals surface area contributed by atoms with Gasteiger partial charge < -0.3 is 10.6 Å². The fourth-order valence-electron chi connectivity index (χ4n) is 2.20. The van der Waals surface area contributed by atoms with E-state index in [0.29, 0.717) is 12.3 Å². The Morgan fingerprint density at radius 2 is 1.89 bits per heavy atom. The summed E-state index contributed by atoms with van der Waals surface area (Å²) in [5, 5.41) is 6.14. The van der Waals surface area contributed by atoms with Crippen LogP contribution in [0, 0.1) is 11.7 Å². The van der Waals surface area contributed by atoms with Gasteiger partial charge in [-0.1, -0.05) is 23.2 Å². The van der Waals surface area contributed by atoms with Gasteiger partial charge in [-0.25, -0.2) is 4.39 Å². The number of halogens is 3. The van der Waals surface area contributed by atoms with E-state index in [-0.39, 0.29) is 21.6 Å². The number of hydrogen-bond acceptors (Lipinski definition) is 2. The van der Waals surface area contributed by atoms with E-state index >= 15 is 0 Å². The Hall–Kier alpha value is -0.840. The molecule has 0 aromatic heterocycles. The van der Waals surface area contributed by atoms with Gasteiger partial charge in [0, 0.05) is 6.42 Å². The van der Waals surface area contributed by atoms with Crippen LogP contribution in [-0.4, -0.2) is 19.0 Å². The van der Waals surface area contributed by atoms with Crippen LogP contribution in [0.2, 0.25) is 10.0 Å². The number of hydrogen-bond donors (Lipinski definition) is 2. The van der Waals surface area contributed by atoms with Crippen LogP contribution in [0.15, 0.2) is 12.1 Å². The summed E-state index contributed by atoms with van der Waals surface area (Å²) in [7, 11) is 0. The third-order valence-corrected chi connectivity index (χ3v) is 3.80. The van der Waals surface area contributed by atoms with Crippen molar-refractivity contribution in [3.63, 3.8) is 0 Å². The van der Waals surface area contributed by atoms with Gasteiger partial charge in [-0.15, -0.1) is 0 Å². The fourth-order valence-corrected chi connectivity index (χ4v) is 2.76. The van der Waals surface area contributed by atoms with Crippen molar-refractivity contribution in [2.24, 2.45) is 5.92 Å². The smallest absolute Gasteiger partial charge is 0.224 e. The van der Waals surface area contributed by atoms with Gasteiger partial charge in [0.1, 0.15) is 5.82 Å². The van der Waals surface area contributed by atoms with Crippen molar-refractivity contribution in [1.29, 1.82) is 0 Å². The average molecular weight is 305 g/mol. The zero-order valence-electron chi connectivity index (χ0n) is 10.3. The zero-order valence-corrected chi connectivity index (χ0v) is 11.8. The molecular weight excluding hydrogens is 290 g/mol. The van der Waals surface area contributed by atoms with Crippen LogP contribution < -0.4 is 10.6 Å². The van der Waals surface area contributed by atoms with Crippen molar-refractivity contribution in [3.8, 4) is 0 Å². The summed E-state index contributed by atoms with van der Waals surface area (Å²) < 4.78 is 13.0. The second-order valence-corrected chi connectivity index (χ2v) is 5.50. The molecule has 1 heterocycles. The van der Waals surface area contributed by atoms with Crippen molar-refractivity contribution in [2.75, 3.05) is 18.4 Å². The van der Waals surface area contributed by atoms with Gasteiger partial charge >= 0.3 is 0 Å². The maximum Gasteiger partial charge on any atom is 0.224 e. The van der Waals surface area contributed by atoms with Gasteiger partial charge in [-0.2, -0.15) is 0 Å². The maximum absolute atomic E-state index is 13.0. The largest absolute Gasteiger partial charge is 0.324 e. The lowest BCUT2D eigenvalue weighted by atomic mass is 9.94. The van der Waals surface area contributed by atoms with Crippen LogP contribution in [0.4, 0.5) is 10.1 Å². The number of piperidine rings is 1. The summed E-state index contributed by atoms with van der Waals surface area (Å²) in [5.74, 6) is -0.284. The lowest BCUT2D eigenvalue weighted by Gasteiger charge is -2.22. The topological polar surface area (TPSA) is 41.1 Å². The Morgan fingerprint density at radius 3 is 2.47 bits per heavy atom. The van der Waals surface area contributed by atoms with Crippen LogP contribution in [0.3, 0.4) is 0 Å². The van der Waals surface area contributed by atoms with Gasteiger partial charge in [0.2, 0.25) is 5.91 Å². The molecule has 2 rings (SSSR count). The molecule has 0 bridgehead atoms. The van der Waals surface area contributed by atoms with Crippen molar-refractivity contribution < 1.29 is 9.18 Å². The Bertz CT molecular complexity index is 453. The molecule has 1 aliphatic heterocycles. The summed E-state index contributed by atoms with van der Waals surface area (Å²) in [5.41, 5.74) is 0.281. The minimum Gasteiger partial charge on any atom is -0.324 e.